The average Bonchev–Trinajstić information content (AvgIpc) is 3.00. The third-order valence-corrected chi connectivity index (χ3v) is 4.17. The highest BCUT2D eigenvalue weighted by molar-refractivity contribution is 5.95. The topological polar surface area (TPSA) is 96.9 Å². The summed E-state index contributed by atoms with van der Waals surface area (Å²) in [6.45, 7) is 2.51. The molecule has 1 atom stereocenters. The summed E-state index contributed by atoms with van der Waals surface area (Å²) in [4.78, 5) is 11.5. The summed E-state index contributed by atoms with van der Waals surface area (Å²) < 4.78 is 44.0. The lowest BCUT2D eigenvalue weighted by molar-refractivity contribution is -0.137. The summed E-state index contributed by atoms with van der Waals surface area (Å²) >= 11 is 0. The number of nitrogens with two attached hydrogens (primary N) is 1. The van der Waals surface area contributed by atoms with Gasteiger partial charge in [-0.05, 0) is 44.5 Å². The molecule has 1 aromatic carbocycles. The Balaban J connectivity index is 2.22. The molecule has 0 bridgehead atoms. The molecular weight excluding hydrogens is 339 g/mol. The first-order valence-corrected chi connectivity index (χ1v) is 7.73. The lowest BCUT2D eigenvalue weighted by atomic mass is 9.92. The number of oxime groups is 1. The minimum Gasteiger partial charge on any atom is -0.491 e. The monoisotopic (exact) mass is 359 g/mol. The molecule has 0 spiro atoms. The normalized spacial score (nSPS) is 21.4. The maximum atomic E-state index is 12.8. The second-order valence-electron chi connectivity index (χ2n) is 6.18. The molecule has 0 aromatic heterocycles. The van der Waals surface area contributed by atoms with Crippen LogP contribution in [0.1, 0.15) is 42.1 Å². The lowest BCUT2D eigenvalue weighted by Crippen LogP contribution is -2.46. The van der Waals surface area contributed by atoms with E-state index in [1.807, 2.05) is 0 Å². The number of ether oxygens (including phenoxy) is 1. The van der Waals surface area contributed by atoms with Crippen LogP contribution in [-0.2, 0) is 6.18 Å². The van der Waals surface area contributed by atoms with E-state index in [0.29, 0.717) is 18.2 Å². The molecule has 0 aliphatic carbocycles. The van der Waals surface area contributed by atoms with Crippen molar-refractivity contribution in [2.45, 2.75) is 37.9 Å². The predicted molar refractivity (Wildman–Crippen MR) is 84.9 cm³/mol. The zero-order chi connectivity index (χ0) is 18.7. The molecule has 9 heteroatoms. The number of primary amides is 1. The van der Waals surface area contributed by atoms with Crippen LogP contribution in [0.2, 0.25) is 0 Å². The van der Waals surface area contributed by atoms with Gasteiger partial charge in [-0.25, -0.2) is 0 Å². The molecular formula is C16H20F3N3O3. The van der Waals surface area contributed by atoms with Crippen molar-refractivity contribution in [3.8, 4) is 5.75 Å². The Labute approximate surface area is 142 Å². The Hall–Kier alpha value is -2.29. The highest BCUT2D eigenvalue weighted by Crippen LogP contribution is 2.33. The molecule has 6 nitrogen and oxygen atoms in total. The summed E-state index contributed by atoms with van der Waals surface area (Å²) in [7, 11) is 0. The van der Waals surface area contributed by atoms with Gasteiger partial charge in [0.1, 0.15) is 12.4 Å². The van der Waals surface area contributed by atoms with Crippen LogP contribution in [0.15, 0.2) is 23.4 Å². The summed E-state index contributed by atoms with van der Waals surface area (Å²) in [5, 5.41) is 15.3. The van der Waals surface area contributed by atoms with E-state index in [2.05, 4.69) is 10.5 Å². The Bertz CT molecular complexity index is 668. The number of carbonyl (C=O) groups excluding carboxylic acids is 1. The number of carbonyl (C=O) groups is 1. The van der Waals surface area contributed by atoms with Crippen molar-refractivity contribution in [3.63, 3.8) is 0 Å². The first-order valence-electron chi connectivity index (χ1n) is 7.73. The number of amides is 1. The molecule has 1 aromatic rings. The van der Waals surface area contributed by atoms with Crippen LogP contribution in [0.25, 0.3) is 0 Å². The van der Waals surface area contributed by atoms with Crippen molar-refractivity contribution in [3.05, 3.63) is 29.3 Å². The van der Waals surface area contributed by atoms with Gasteiger partial charge in [0, 0.05) is 6.42 Å². The Morgan fingerprint density at radius 1 is 1.48 bits per heavy atom. The standard InChI is InChI=1S/C16H20F3N3O3/c1-10(22-24)8-15(5-2-6-21-15)9-25-13-4-3-11(16(17,18)19)7-12(13)14(20)23/h3-4,7,21,24H,2,5-6,8-9H2,1H3,(H2,20,23)/t15-/m0/s1. The zero-order valence-corrected chi connectivity index (χ0v) is 13.7. The third kappa shape index (κ3) is 4.62. The average molecular weight is 359 g/mol. The van der Waals surface area contributed by atoms with E-state index >= 15 is 0 Å². The molecule has 2 rings (SSSR count). The van der Waals surface area contributed by atoms with Crippen LogP contribution in [0, 0.1) is 0 Å². The second-order valence-corrected chi connectivity index (χ2v) is 6.18. The van der Waals surface area contributed by atoms with Gasteiger partial charge in [0.25, 0.3) is 5.91 Å². The maximum absolute atomic E-state index is 12.8. The number of rotatable bonds is 6. The fourth-order valence-corrected chi connectivity index (χ4v) is 2.96. The maximum Gasteiger partial charge on any atom is 0.416 e. The SMILES string of the molecule is CC(C[C@]1(COc2ccc(C(F)(F)F)cc2C(N)=O)CCCN1)=NO. The molecule has 0 radical (unpaired) electrons. The number of nitrogens with zero attached hydrogens (tertiary/aromatic N) is 1. The number of nitrogens with one attached hydrogen (secondary N) is 1. The molecule has 4 N–H and O–H groups in total. The molecule has 1 heterocycles. The number of hydrogen-bond donors (Lipinski definition) is 3. The fourth-order valence-electron chi connectivity index (χ4n) is 2.96. The van der Waals surface area contributed by atoms with E-state index in [1.165, 1.54) is 0 Å². The lowest BCUT2D eigenvalue weighted by Gasteiger charge is -2.29. The van der Waals surface area contributed by atoms with Gasteiger partial charge in [0.05, 0.1) is 22.4 Å². The molecule has 1 amide bonds. The van der Waals surface area contributed by atoms with Gasteiger partial charge in [-0.3, -0.25) is 4.79 Å². The first kappa shape index (κ1) is 19.0. The van der Waals surface area contributed by atoms with E-state index < -0.39 is 23.2 Å². The highest BCUT2D eigenvalue weighted by Gasteiger charge is 2.36. The van der Waals surface area contributed by atoms with Crippen LogP contribution in [0.4, 0.5) is 13.2 Å². The van der Waals surface area contributed by atoms with Crippen LogP contribution in [-0.4, -0.2) is 35.5 Å². The van der Waals surface area contributed by atoms with Crippen LogP contribution < -0.4 is 15.8 Å². The van der Waals surface area contributed by atoms with Crippen molar-refractivity contribution < 1.29 is 27.9 Å². The fraction of sp³-hybridized carbons (Fsp3) is 0.500. The number of halogens is 3. The van der Waals surface area contributed by atoms with Gasteiger partial charge in [0.15, 0.2) is 0 Å². The molecule has 138 valence electrons. The Kier molecular flexibility index (Phi) is 5.56. The largest absolute Gasteiger partial charge is 0.491 e. The summed E-state index contributed by atoms with van der Waals surface area (Å²) in [5.41, 5.74) is 3.90. The molecule has 1 aliphatic heterocycles. The number of alkyl halides is 3. The zero-order valence-electron chi connectivity index (χ0n) is 13.7. The van der Waals surface area contributed by atoms with Gasteiger partial charge in [-0.15, -0.1) is 0 Å². The highest BCUT2D eigenvalue weighted by atomic mass is 19.4. The number of hydrogen-bond acceptors (Lipinski definition) is 5. The van der Waals surface area contributed by atoms with Crippen molar-refractivity contribution in [1.29, 1.82) is 0 Å². The molecule has 0 unspecified atom stereocenters. The minimum absolute atomic E-state index is 0.00725. The van der Waals surface area contributed by atoms with Gasteiger partial charge < -0.3 is 21.0 Å². The van der Waals surface area contributed by atoms with Gasteiger partial charge in [-0.2, -0.15) is 13.2 Å². The minimum atomic E-state index is -4.58. The predicted octanol–water partition coefficient (Wildman–Crippen LogP) is 2.55. The van der Waals surface area contributed by atoms with Gasteiger partial charge >= 0.3 is 6.18 Å². The van der Waals surface area contributed by atoms with E-state index in [1.54, 1.807) is 6.92 Å². The van der Waals surface area contributed by atoms with E-state index in [9.17, 15) is 18.0 Å². The Morgan fingerprint density at radius 3 is 2.72 bits per heavy atom. The third-order valence-electron chi connectivity index (χ3n) is 4.17. The van der Waals surface area contributed by atoms with E-state index in [4.69, 9.17) is 15.7 Å². The molecule has 1 saturated heterocycles. The van der Waals surface area contributed by atoms with Crippen molar-refractivity contribution in [2.24, 2.45) is 10.9 Å². The first-order chi connectivity index (χ1) is 11.7. The molecule has 1 fully saturated rings. The smallest absolute Gasteiger partial charge is 0.416 e. The van der Waals surface area contributed by atoms with Crippen LogP contribution >= 0.6 is 0 Å². The summed E-state index contributed by atoms with van der Waals surface area (Å²) in [5.74, 6) is -1.00. The van der Waals surface area contributed by atoms with Gasteiger partial charge in [-0.1, -0.05) is 5.16 Å². The molecule has 25 heavy (non-hydrogen) atoms. The second kappa shape index (κ2) is 7.30. The van der Waals surface area contributed by atoms with Crippen LogP contribution in [0.3, 0.4) is 0 Å². The summed E-state index contributed by atoms with van der Waals surface area (Å²) in [6.07, 6.45) is -2.54. The van der Waals surface area contributed by atoms with Gasteiger partial charge in [0.2, 0.25) is 0 Å². The van der Waals surface area contributed by atoms with Crippen molar-refractivity contribution in [1.82, 2.24) is 5.32 Å². The molecule has 1 aliphatic rings. The van der Waals surface area contributed by atoms with E-state index in [-0.39, 0.29) is 17.9 Å². The van der Waals surface area contributed by atoms with Crippen molar-refractivity contribution in [2.75, 3.05) is 13.2 Å². The summed E-state index contributed by atoms with van der Waals surface area (Å²) in [6, 6.07) is 2.63. The Morgan fingerprint density at radius 2 is 2.20 bits per heavy atom. The number of benzene rings is 1. The van der Waals surface area contributed by atoms with Crippen LogP contribution in [0.5, 0.6) is 5.75 Å². The van der Waals surface area contributed by atoms with E-state index in [0.717, 1.165) is 31.5 Å². The quantitative estimate of drug-likeness (QED) is 0.413. The molecule has 0 saturated carbocycles. The van der Waals surface area contributed by atoms with Crippen molar-refractivity contribution >= 4 is 11.6 Å².